The molecule has 2 heterocycles. The lowest BCUT2D eigenvalue weighted by Crippen LogP contribution is -2.47. The highest BCUT2D eigenvalue weighted by Gasteiger charge is 2.48. The molecule has 3 unspecified atom stereocenters. The number of carbonyl (C=O) groups is 2. The van der Waals surface area contributed by atoms with Crippen molar-refractivity contribution in [1.82, 2.24) is 14.7 Å². The first kappa shape index (κ1) is 17.0. The summed E-state index contributed by atoms with van der Waals surface area (Å²) in [6.45, 7) is 4.16. The number of carboxylic acid groups (broad SMARTS) is 1. The number of aliphatic carboxylic acids is 1. The molecule has 132 valence electrons. The van der Waals surface area contributed by atoms with Gasteiger partial charge >= 0.3 is 5.97 Å². The Labute approximate surface area is 142 Å². The Hall–Kier alpha value is -1.85. The van der Waals surface area contributed by atoms with Crippen molar-refractivity contribution in [2.24, 2.45) is 5.92 Å². The Kier molecular flexibility index (Phi) is 4.92. The zero-order valence-corrected chi connectivity index (χ0v) is 14.5. The third-order valence-electron chi connectivity index (χ3n) is 5.79. The van der Waals surface area contributed by atoms with Gasteiger partial charge in [-0.1, -0.05) is 26.7 Å². The van der Waals surface area contributed by atoms with Gasteiger partial charge in [0.2, 0.25) is 0 Å². The van der Waals surface area contributed by atoms with Crippen molar-refractivity contribution in [1.29, 1.82) is 0 Å². The van der Waals surface area contributed by atoms with Crippen LogP contribution in [0.25, 0.3) is 0 Å². The Morgan fingerprint density at radius 3 is 2.67 bits per heavy atom. The zero-order valence-electron chi connectivity index (χ0n) is 14.5. The molecule has 3 rings (SSSR count). The van der Waals surface area contributed by atoms with Crippen molar-refractivity contribution in [3.63, 3.8) is 0 Å². The second-order valence-corrected chi connectivity index (χ2v) is 7.05. The predicted octanol–water partition coefficient (Wildman–Crippen LogP) is 3.10. The van der Waals surface area contributed by atoms with Crippen LogP contribution in [0.15, 0.2) is 12.3 Å². The van der Waals surface area contributed by atoms with Crippen molar-refractivity contribution < 1.29 is 14.7 Å². The number of aromatic nitrogens is 2. The summed E-state index contributed by atoms with van der Waals surface area (Å²) >= 11 is 0. The maximum Gasteiger partial charge on any atom is 0.326 e. The molecule has 3 atom stereocenters. The number of likely N-dealkylation sites (tertiary alicyclic amines) is 1. The highest BCUT2D eigenvalue weighted by atomic mass is 16.4. The Morgan fingerprint density at radius 2 is 2.00 bits per heavy atom. The van der Waals surface area contributed by atoms with Gasteiger partial charge in [0.05, 0.1) is 6.04 Å². The lowest BCUT2D eigenvalue weighted by Gasteiger charge is -2.33. The fourth-order valence-corrected chi connectivity index (χ4v) is 4.51. The van der Waals surface area contributed by atoms with Gasteiger partial charge in [-0.05, 0) is 44.1 Å². The van der Waals surface area contributed by atoms with Crippen LogP contribution in [0.1, 0.15) is 75.3 Å². The van der Waals surface area contributed by atoms with Gasteiger partial charge in [-0.3, -0.25) is 9.48 Å². The molecule has 1 saturated carbocycles. The number of hydrogen-bond donors (Lipinski definition) is 1. The van der Waals surface area contributed by atoms with E-state index in [1.54, 1.807) is 21.8 Å². The molecule has 0 spiro atoms. The van der Waals surface area contributed by atoms with Crippen LogP contribution in [0.2, 0.25) is 0 Å². The SMILES string of the molecule is CCC(CC)n1nccc1C(=O)N1C(C(=O)O)CC2CCCCC21. The van der Waals surface area contributed by atoms with Gasteiger partial charge in [-0.15, -0.1) is 0 Å². The number of nitrogens with zero attached hydrogens (tertiary/aromatic N) is 3. The molecule has 2 aliphatic rings. The molecule has 1 aliphatic heterocycles. The van der Waals surface area contributed by atoms with Gasteiger partial charge in [0.1, 0.15) is 11.7 Å². The molecule has 0 radical (unpaired) electrons. The van der Waals surface area contributed by atoms with Crippen LogP contribution in [-0.2, 0) is 4.79 Å². The van der Waals surface area contributed by atoms with E-state index in [0.29, 0.717) is 18.0 Å². The molecule has 24 heavy (non-hydrogen) atoms. The summed E-state index contributed by atoms with van der Waals surface area (Å²) in [4.78, 5) is 26.6. The summed E-state index contributed by atoms with van der Waals surface area (Å²) in [7, 11) is 0. The van der Waals surface area contributed by atoms with Crippen molar-refractivity contribution in [2.75, 3.05) is 0 Å². The van der Waals surface area contributed by atoms with Crippen molar-refractivity contribution in [3.05, 3.63) is 18.0 Å². The zero-order chi connectivity index (χ0) is 17.3. The third-order valence-corrected chi connectivity index (χ3v) is 5.79. The standard InChI is InChI=1S/C18H27N3O3/c1-3-13(4-2)21-15(9-10-19-21)17(22)20-14-8-6-5-7-12(14)11-16(20)18(23)24/h9-10,12-14,16H,3-8,11H2,1-2H3,(H,23,24). The molecule has 1 aliphatic carbocycles. The van der Waals surface area contributed by atoms with Gasteiger partial charge in [0.15, 0.2) is 0 Å². The molecule has 1 N–H and O–H groups in total. The lowest BCUT2D eigenvalue weighted by molar-refractivity contribution is -0.141. The van der Waals surface area contributed by atoms with Crippen molar-refractivity contribution in [3.8, 4) is 0 Å². The van der Waals surface area contributed by atoms with Crippen LogP contribution < -0.4 is 0 Å². The summed E-state index contributed by atoms with van der Waals surface area (Å²) in [5.41, 5.74) is 0.529. The predicted molar refractivity (Wildman–Crippen MR) is 89.8 cm³/mol. The minimum atomic E-state index is -0.883. The van der Waals surface area contributed by atoms with Gasteiger partial charge in [0, 0.05) is 12.2 Å². The minimum absolute atomic E-state index is 0.0670. The van der Waals surface area contributed by atoms with E-state index >= 15 is 0 Å². The molecule has 1 aromatic heterocycles. The van der Waals surface area contributed by atoms with Crippen LogP contribution in [-0.4, -0.2) is 43.7 Å². The maximum absolute atomic E-state index is 13.2. The van der Waals surface area contributed by atoms with Crippen molar-refractivity contribution in [2.45, 2.75) is 76.9 Å². The molecule has 0 aromatic carbocycles. The van der Waals surface area contributed by atoms with E-state index in [0.717, 1.165) is 38.5 Å². The van der Waals surface area contributed by atoms with E-state index in [1.165, 1.54) is 0 Å². The van der Waals surface area contributed by atoms with Gasteiger partial charge < -0.3 is 10.0 Å². The topological polar surface area (TPSA) is 75.4 Å². The van der Waals surface area contributed by atoms with Crippen LogP contribution in [0.3, 0.4) is 0 Å². The summed E-state index contributed by atoms with van der Waals surface area (Å²) in [6, 6.07) is 1.27. The van der Waals surface area contributed by atoms with E-state index in [-0.39, 0.29) is 18.0 Å². The van der Waals surface area contributed by atoms with Crippen LogP contribution in [0.5, 0.6) is 0 Å². The monoisotopic (exact) mass is 333 g/mol. The first-order valence-electron chi connectivity index (χ1n) is 9.17. The van der Waals surface area contributed by atoms with E-state index in [2.05, 4.69) is 18.9 Å². The molecular formula is C18H27N3O3. The Balaban J connectivity index is 1.93. The number of fused-ring (bicyclic) bond motifs is 1. The maximum atomic E-state index is 13.2. The molecule has 1 amide bonds. The Bertz CT molecular complexity index is 608. The van der Waals surface area contributed by atoms with E-state index in [1.807, 2.05) is 0 Å². The largest absolute Gasteiger partial charge is 0.480 e. The Morgan fingerprint density at radius 1 is 1.29 bits per heavy atom. The van der Waals surface area contributed by atoms with Crippen molar-refractivity contribution >= 4 is 11.9 Å². The number of carboxylic acids is 1. The highest BCUT2D eigenvalue weighted by Crippen LogP contribution is 2.40. The quantitative estimate of drug-likeness (QED) is 0.898. The fourth-order valence-electron chi connectivity index (χ4n) is 4.51. The number of amides is 1. The summed E-state index contributed by atoms with van der Waals surface area (Å²) < 4.78 is 1.79. The lowest BCUT2D eigenvalue weighted by atomic mass is 9.84. The second-order valence-electron chi connectivity index (χ2n) is 7.05. The third kappa shape index (κ3) is 2.82. The summed E-state index contributed by atoms with van der Waals surface area (Å²) in [6.07, 6.45) is 8.19. The average molecular weight is 333 g/mol. The average Bonchev–Trinajstić information content (AvgIpc) is 3.20. The van der Waals surface area contributed by atoms with E-state index in [9.17, 15) is 14.7 Å². The minimum Gasteiger partial charge on any atom is -0.480 e. The number of carbonyl (C=O) groups excluding carboxylic acids is 1. The fraction of sp³-hybridized carbons (Fsp3) is 0.722. The molecule has 6 heteroatoms. The molecule has 1 saturated heterocycles. The van der Waals surface area contributed by atoms with Crippen LogP contribution in [0.4, 0.5) is 0 Å². The first-order valence-corrected chi connectivity index (χ1v) is 9.17. The van der Waals surface area contributed by atoms with Crippen LogP contribution in [0, 0.1) is 5.92 Å². The molecule has 2 fully saturated rings. The summed E-state index contributed by atoms with van der Waals surface area (Å²) in [5.74, 6) is -0.721. The highest BCUT2D eigenvalue weighted by molar-refractivity contribution is 5.96. The molecule has 0 bridgehead atoms. The van der Waals surface area contributed by atoms with Gasteiger partial charge in [0.25, 0.3) is 5.91 Å². The smallest absolute Gasteiger partial charge is 0.326 e. The van der Waals surface area contributed by atoms with E-state index in [4.69, 9.17) is 0 Å². The molecular weight excluding hydrogens is 306 g/mol. The van der Waals surface area contributed by atoms with Gasteiger partial charge in [-0.25, -0.2) is 4.79 Å². The molecule has 1 aromatic rings. The van der Waals surface area contributed by atoms with E-state index < -0.39 is 12.0 Å². The van der Waals surface area contributed by atoms with Crippen LogP contribution >= 0.6 is 0 Å². The summed E-state index contributed by atoms with van der Waals surface area (Å²) in [5, 5.41) is 14.0. The van der Waals surface area contributed by atoms with Gasteiger partial charge in [-0.2, -0.15) is 5.10 Å². The molecule has 6 nitrogen and oxygen atoms in total. The normalized spacial score (nSPS) is 26.6. The number of hydrogen-bond acceptors (Lipinski definition) is 3. The first-order chi connectivity index (χ1) is 11.6. The second kappa shape index (κ2) is 6.95. The number of rotatable bonds is 5.